The van der Waals surface area contributed by atoms with E-state index in [-0.39, 0.29) is 0 Å². The molecule has 1 saturated heterocycles. The van der Waals surface area contributed by atoms with Gasteiger partial charge in [-0.3, -0.25) is 4.98 Å². The zero-order valence-electron chi connectivity index (χ0n) is 9.89. The van der Waals surface area contributed by atoms with E-state index in [4.69, 9.17) is 5.73 Å². The molecule has 4 nitrogen and oxygen atoms in total. The number of nitrogens with zero attached hydrogens (tertiary/aromatic N) is 3. The number of nitrogen functional groups attached to an aromatic ring is 1. The van der Waals surface area contributed by atoms with Crippen LogP contribution in [0.2, 0.25) is 0 Å². The number of anilines is 2. The summed E-state index contributed by atoms with van der Waals surface area (Å²) in [6.07, 6.45) is 9.73. The molecule has 1 aromatic rings. The van der Waals surface area contributed by atoms with Crippen LogP contribution >= 0.6 is 0 Å². The summed E-state index contributed by atoms with van der Waals surface area (Å²) in [5.74, 6) is 1.45. The van der Waals surface area contributed by atoms with Crippen molar-refractivity contribution in [3.05, 3.63) is 12.4 Å². The van der Waals surface area contributed by atoms with Crippen LogP contribution in [0.15, 0.2) is 12.4 Å². The van der Waals surface area contributed by atoms with Crippen LogP contribution in [0.25, 0.3) is 0 Å². The van der Waals surface area contributed by atoms with Gasteiger partial charge in [-0.25, -0.2) is 4.98 Å². The Morgan fingerprint density at radius 3 is 3.00 bits per heavy atom. The first-order chi connectivity index (χ1) is 7.81. The zero-order chi connectivity index (χ0) is 11.4. The molecule has 1 aliphatic heterocycles. The molecule has 4 heteroatoms. The first kappa shape index (κ1) is 11.2. The van der Waals surface area contributed by atoms with E-state index in [2.05, 4.69) is 21.8 Å². The molecule has 1 aliphatic rings. The standard InChI is InChI=1S/C12H20N4/c1-2-10-6-4-3-5-7-16(10)12-9-14-8-11(13)15-12/h8-10H,2-7H2,1H3,(H2,13,15). The van der Waals surface area contributed by atoms with Crippen molar-refractivity contribution in [1.29, 1.82) is 0 Å². The normalized spacial score (nSPS) is 21.8. The topological polar surface area (TPSA) is 55.0 Å². The molecule has 0 amide bonds. The summed E-state index contributed by atoms with van der Waals surface area (Å²) in [4.78, 5) is 10.9. The molecule has 0 aliphatic carbocycles. The fourth-order valence-corrected chi connectivity index (χ4v) is 2.41. The van der Waals surface area contributed by atoms with Gasteiger partial charge < -0.3 is 10.6 Å². The van der Waals surface area contributed by atoms with Gasteiger partial charge in [0.05, 0.1) is 12.4 Å². The molecule has 1 aromatic heterocycles. The van der Waals surface area contributed by atoms with Crippen LogP contribution in [-0.4, -0.2) is 22.6 Å². The number of hydrogen-bond acceptors (Lipinski definition) is 4. The van der Waals surface area contributed by atoms with Gasteiger partial charge in [0.2, 0.25) is 0 Å². The molecule has 0 saturated carbocycles. The lowest BCUT2D eigenvalue weighted by Crippen LogP contribution is -2.35. The second-order valence-electron chi connectivity index (χ2n) is 4.41. The van der Waals surface area contributed by atoms with Gasteiger partial charge in [0.25, 0.3) is 0 Å². The van der Waals surface area contributed by atoms with Crippen LogP contribution in [0.4, 0.5) is 11.6 Å². The van der Waals surface area contributed by atoms with Gasteiger partial charge in [-0.15, -0.1) is 0 Å². The van der Waals surface area contributed by atoms with Gasteiger partial charge in [0.1, 0.15) is 11.6 Å². The lowest BCUT2D eigenvalue weighted by Gasteiger charge is -2.30. The molecular formula is C12H20N4. The second kappa shape index (κ2) is 5.14. The van der Waals surface area contributed by atoms with E-state index in [1.807, 2.05) is 6.20 Å². The highest BCUT2D eigenvalue weighted by atomic mass is 15.2. The van der Waals surface area contributed by atoms with Gasteiger partial charge >= 0.3 is 0 Å². The van der Waals surface area contributed by atoms with Crippen LogP contribution in [0.1, 0.15) is 39.0 Å². The Kier molecular flexibility index (Phi) is 3.59. The SMILES string of the molecule is CCC1CCCCCN1c1cncc(N)n1. The Bertz CT molecular complexity index is 340. The monoisotopic (exact) mass is 220 g/mol. The molecule has 0 spiro atoms. The average molecular weight is 220 g/mol. The van der Waals surface area contributed by atoms with E-state index in [1.165, 1.54) is 25.7 Å². The maximum absolute atomic E-state index is 5.69. The third-order valence-electron chi connectivity index (χ3n) is 3.28. The highest BCUT2D eigenvalue weighted by molar-refractivity contribution is 5.42. The highest BCUT2D eigenvalue weighted by Gasteiger charge is 2.20. The minimum atomic E-state index is 0.511. The van der Waals surface area contributed by atoms with Crippen molar-refractivity contribution < 1.29 is 0 Å². The molecule has 0 radical (unpaired) electrons. The van der Waals surface area contributed by atoms with Crippen molar-refractivity contribution in [1.82, 2.24) is 9.97 Å². The lowest BCUT2D eigenvalue weighted by atomic mass is 10.1. The predicted molar refractivity (Wildman–Crippen MR) is 66.3 cm³/mol. The van der Waals surface area contributed by atoms with Crippen molar-refractivity contribution in [3.8, 4) is 0 Å². The average Bonchev–Trinajstić information content (AvgIpc) is 2.53. The molecule has 16 heavy (non-hydrogen) atoms. The quantitative estimate of drug-likeness (QED) is 0.830. The summed E-state index contributed by atoms with van der Waals surface area (Å²) < 4.78 is 0. The van der Waals surface area contributed by atoms with Crippen molar-refractivity contribution in [2.45, 2.75) is 45.1 Å². The summed E-state index contributed by atoms with van der Waals surface area (Å²) >= 11 is 0. The lowest BCUT2D eigenvalue weighted by molar-refractivity contribution is 0.552. The van der Waals surface area contributed by atoms with E-state index < -0.39 is 0 Å². The van der Waals surface area contributed by atoms with Crippen molar-refractivity contribution in [2.24, 2.45) is 0 Å². The fourth-order valence-electron chi connectivity index (χ4n) is 2.41. The second-order valence-corrected chi connectivity index (χ2v) is 4.41. The summed E-state index contributed by atoms with van der Waals surface area (Å²) in [6.45, 7) is 3.32. The van der Waals surface area contributed by atoms with Crippen molar-refractivity contribution >= 4 is 11.6 Å². The highest BCUT2D eigenvalue weighted by Crippen LogP contribution is 2.24. The summed E-state index contributed by atoms with van der Waals surface area (Å²) in [5.41, 5.74) is 5.69. The number of aromatic nitrogens is 2. The molecule has 2 heterocycles. The third-order valence-corrected chi connectivity index (χ3v) is 3.28. The minimum absolute atomic E-state index is 0.511. The maximum atomic E-state index is 5.69. The van der Waals surface area contributed by atoms with Crippen LogP contribution in [0.5, 0.6) is 0 Å². The molecule has 2 N–H and O–H groups in total. The molecule has 1 fully saturated rings. The number of nitrogens with two attached hydrogens (primary N) is 1. The minimum Gasteiger partial charge on any atom is -0.382 e. The molecule has 88 valence electrons. The predicted octanol–water partition coefficient (Wildman–Crippen LogP) is 2.22. The summed E-state index contributed by atoms with van der Waals surface area (Å²) in [6, 6.07) is 0.596. The Morgan fingerprint density at radius 2 is 2.25 bits per heavy atom. The van der Waals surface area contributed by atoms with Gasteiger partial charge in [0, 0.05) is 12.6 Å². The molecule has 0 bridgehead atoms. The van der Waals surface area contributed by atoms with E-state index >= 15 is 0 Å². The van der Waals surface area contributed by atoms with Crippen LogP contribution < -0.4 is 10.6 Å². The van der Waals surface area contributed by atoms with Crippen molar-refractivity contribution in [2.75, 3.05) is 17.2 Å². The Hall–Kier alpha value is -1.32. The molecule has 1 atom stereocenters. The third kappa shape index (κ3) is 2.43. The van der Waals surface area contributed by atoms with Gasteiger partial charge in [-0.2, -0.15) is 0 Å². The molecule has 2 rings (SSSR count). The molecular weight excluding hydrogens is 200 g/mol. The largest absolute Gasteiger partial charge is 0.382 e. The number of hydrogen-bond donors (Lipinski definition) is 1. The first-order valence-electron chi connectivity index (χ1n) is 6.15. The van der Waals surface area contributed by atoms with E-state index in [0.29, 0.717) is 11.9 Å². The van der Waals surface area contributed by atoms with E-state index in [1.54, 1.807) is 6.20 Å². The maximum Gasteiger partial charge on any atom is 0.149 e. The smallest absolute Gasteiger partial charge is 0.149 e. The van der Waals surface area contributed by atoms with Gasteiger partial charge in [-0.1, -0.05) is 19.8 Å². The fraction of sp³-hybridized carbons (Fsp3) is 0.667. The van der Waals surface area contributed by atoms with Crippen LogP contribution in [0, 0.1) is 0 Å². The first-order valence-corrected chi connectivity index (χ1v) is 6.15. The van der Waals surface area contributed by atoms with E-state index in [9.17, 15) is 0 Å². The van der Waals surface area contributed by atoms with Gasteiger partial charge in [0.15, 0.2) is 0 Å². The zero-order valence-corrected chi connectivity index (χ0v) is 9.89. The number of rotatable bonds is 2. The van der Waals surface area contributed by atoms with Crippen molar-refractivity contribution in [3.63, 3.8) is 0 Å². The van der Waals surface area contributed by atoms with Crippen LogP contribution in [0.3, 0.4) is 0 Å². The Labute approximate surface area is 96.9 Å². The van der Waals surface area contributed by atoms with Crippen LogP contribution in [-0.2, 0) is 0 Å². The molecule has 0 aromatic carbocycles. The molecule has 1 unspecified atom stereocenters. The Balaban J connectivity index is 2.21. The van der Waals surface area contributed by atoms with Gasteiger partial charge in [-0.05, 0) is 19.3 Å². The summed E-state index contributed by atoms with van der Waals surface area (Å²) in [5, 5.41) is 0. The summed E-state index contributed by atoms with van der Waals surface area (Å²) in [7, 11) is 0. The Morgan fingerprint density at radius 1 is 1.38 bits per heavy atom. The van der Waals surface area contributed by atoms with E-state index in [0.717, 1.165) is 18.8 Å².